The molecule has 8 nitrogen and oxygen atoms in total. The van der Waals surface area contributed by atoms with E-state index in [1.807, 2.05) is 6.92 Å². The van der Waals surface area contributed by atoms with Crippen LogP contribution in [0.25, 0.3) is 5.78 Å². The minimum absolute atomic E-state index is 0.00286. The van der Waals surface area contributed by atoms with Crippen LogP contribution in [0.15, 0.2) is 6.33 Å². The fraction of sp³-hybridized carbons (Fsp3) is 0.357. The number of hydrogen-bond donors (Lipinski definition) is 1. The highest BCUT2D eigenvalue weighted by Gasteiger charge is 2.15. The van der Waals surface area contributed by atoms with Gasteiger partial charge >= 0.3 is 5.97 Å². The highest BCUT2D eigenvalue weighted by Crippen LogP contribution is 2.13. The van der Waals surface area contributed by atoms with Crippen molar-refractivity contribution < 1.29 is 14.3 Å². The summed E-state index contributed by atoms with van der Waals surface area (Å²) in [4.78, 5) is 31.4. The zero-order chi connectivity index (χ0) is 16.1. The van der Waals surface area contributed by atoms with Gasteiger partial charge < -0.3 is 10.1 Å². The van der Waals surface area contributed by atoms with E-state index in [-0.39, 0.29) is 19.6 Å². The first-order valence-corrected chi connectivity index (χ1v) is 6.54. The minimum atomic E-state index is -0.525. The molecule has 0 unspecified atom stereocenters. The number of hydrogen-bond acceptors (Lipinski definition) is 6. The molecule has 2 aromatic heterocycles. The van der Waals surface area contributed by atoms with Gasteiger partial charge in [-0.05, 0) is 13.8 Å². The van der Waals surface area contributed by atoms with E-state index in [2.05, 4.69) is 26.3 Å². The summed E-state index contributed by atoms with van der Waals surface area (Å²) < 4.78 is 6.47. The molecule has 2 heterocycles. The number of esters is 1. The number of aryl methyl sites for hydroxylation is 2. The molecule has 2 aromatic rings. The van der Waals surface area contributed by atoms with Crippen molar-refractivity contribution in [1.29, 1.82) is 0 Å². The van der Waals surface area contributed by atoms with Crippen molar-refractivity contribution in [2.24, 2.45) is 0 Å². The van der Waals surface area contributed by atoms with Gasteiger partial charge in [-0.1, -0.05) is 5.92 Å². The number of fused-ring (bicyclic) bond motifs is 1. The Hall–Kier alpha value is -2.95. The van der Waals surface area contributed by atoms with Crippen molar-refractivity contribution in [2.45, 2.75) is 20.3 Å². The normalized spacial score (nSPS) is 10.2. The van der Waals surface area contributed by atoms with Crippen LogP contribution in [-0.4, -0.2) is 44.6 Å². The Morgan fingerprint density at radius 1 is 1.45 bits per heavy atom. The Balaban J connectivity index is 2.03. The molecule has 1 amide bonds. The van der Waals surface area contributed by atoms with Crippen molar-refractivity contribution in [3.05, 3.63) is 23.3 Å². The Morgan fingerprint density at radius 3 is 2.95 bits per heavy atom. The highest BCUT2D eigenvalue weighted by molar-refractivity contribution is 5.81. The summed E-state index contributed by atoms with van der Waals surface area (Å²) >= 11 is 0. The molecule has 22 heavy (non-hydrogen) atoms. The second-order valence-corrected chi connectivity index (χ2v) is 4.55. The lowest BCUT2D eigenvalue weighted by Crippen LogP contribution is -2.29. The van der Waals surface area contributed by atoms with Gasteiger partial charge in [0.25, 0.3) is 11.7 Å². The maximum absolute atomic E-state index is 11.9. The zero-order valence-electron chi connectivity index (χ0n) is 12.3. The average molecular weight is 301 g/mol. The van der Waals surface area contributed by atoms with Crippen LogP contribution in [0.4, 0.5) is 0 Å². The van der Waals surface area contributed by atoms with E-state index in [4.69, 9.17) is 11.2 Å². The lowest BCUT2D eigenvalue weighted by atomic mass is 10.1. The van der Waals surface area contributed by atoms with Gasteiger partial charge in [-0.15, -0.1) is 6.42 Å². The second kappa shape index (κ2) is 6.67. The maximum atomic E-state index is 11.9. The van der Waals surface area contributed by atoms with Crippen LogP contribution in [-0.2, 0) is 20.7 Å². The van der Waals surface area contributed by atoms with Crippen molar-refractivity contribution in [3.8, 4) is 12.3 Å². The monoisotopic (exact) mass is 301 g/mol. The SMILES string of the molecule is C#CCNC(=O)COC(=O)Cc1c(C)nc2ncnn2c1C. The predicted octanol–water partition coefficient (Wildman–Crippen LogP) is -0.424. The molecule has 0 saturated heterocycles. The molecular weight excluding hydrogens is 286 g/mol. The van der Waals surface area contributed by atoms with Crippen LogP contribution in [0.1, 0.15) is 17.0 Å². The molecular formula is C14H15N5O3. The quantitative estimate of drug-likeness (QED) is 0.595. The number of aromatic nitrogens is 4. The minimum Gasteiger partial charge on any atom is -0.455 e. The lowest BCUT2D eigenvalue weighted by Gasteiger charge is -2.10. The number of rotatable bonds is 5. The highest BCUT2D eigenvalue weighted by atomic mass is 16.5. The van der Waals surface area contributed by atoms with Crippen molar-refractivity contribution >= 4 is 17.7 Å². The molecule has 0 bridgehead atoms. The third-order valence-corrected chi connectivity index (χ3v) is 3.06. The maximum Gasteiger partial charge on any atom is 0.310 e. The molecule has 0 aliphatic carbocycles. The first kappa shape index (κ1) is 15.4. The Morgan fingerprint density at radius 2 is 2.23 bits per heavy atom. The van der Waals surface area contributed by atoms with Crippen LogP contribution >= 0.6 is 0 Å². The molecule has 0 aliphatic heterocycles. The van der Waals surface area contributed by atoms with Crippen LogP contribution in [0.3, 0.4) is 0 Å². The van der Waals surface area contributed by atoms with Gasteiger partial charge in [0.2, 0.25) is 0 Å². The van der Waals surface area contributed by atoms with Crippen LogP contribution < -0.4 is 5.32 Å². The molecule has 0 saturated carbocycles. The topological polar surface area (TPSA) is 98.5 Å². The molecule has 0 spiro atoms. The number of nitrogens with one attached hydrogen (secondary N) is 1. The fourth-order valence-electron chi connectivity index (χ4n) is 1.95. The molecule has 8 heteroatoms. The number of ether oxygens (including phenoxy) is 1. The molecule has 0 aromatic carbocycles. The summed E-state index contributed by atoms with van der Waals surface area (Å²) in [5.41, 5.74) is 2.13. The average Bonchev–Trinajstić information content (AvgIpc) is 2.95. The Kier molecular flexibility index (Phi) is 4.68. The van der Waals surface area contributed by atoms with Gasteiger partial charge in [0.1, 0.15) is 6.33 Å². The third kappa shape index (κ3) is 3.38. The Bertz CT molecular complexity index is 760. The molecule has 0 radical (unpaired) electrons. The van der Waals surface area contributed by atoms with E-state index >= 15 is 0 Å². The van der Waals surface area contributed by atoms with Crippen LogP contribution in [0.5, 0.6) is 0 Å². The summed E-state index contributed by atoms with van der Waals surface area (Å²) in [6.07, 6.45) is 6.41. The molecule has 1 N–H and O–H groups in total. The smallest absolute Gasteiger partial charge is 0.310 e. The van der Waals surface area contributed by atoms with E-state index in [0.29, 0.717) is 17.0 Å². The number of amides is 1. The van der Waals surface area contributed by atoms with Crippen LogP contribution in [0.2, 0.25) is 0 Å². The molecule has 0 atom stereocenters. The number of terminal acetylenes is 1. The largest absolute Gasteiger partial charge is 0.455 e. The van der Waals surface area contributed by atoms with Gasteiger partial charge in [0, 0.05) is 17.0 Å². The van der Waals surface area contributed by atoms with E-state index < -0.39 is 11.9 Å². The summed E-state index contributed by atoms with van der Waals surface area (Å²) in [5.74, 6) is 1.77. The van der Waals surface area contributed by atoms with E-state index in [1.165, 1.54) is 6.33 Å². The molecule has 0 fully saturated rings. The molecule has 2 rings (SSSR count). The fourth-order valence-corrected chi connectivity index (χ4v) is 1.95. The summed E-state index contributed by atoms with van der Waals surface area (Å²) in [6, 6.07) is 0. The standard InChI is InChI=1S/C14H15N5O3/c1-4-5-15-12(20)7-22-13(21)6-11-9(2)18-14-16-8-17-19(14)10(11)3/h1,8H,5-7H2,2-3H3,(H,15,20). The van der Waals surface area contributed by atoms with Gasteiger partial charge in [-0.2, -0.15) is 10.1 Å². The summed E-state index contributed by atoms with van der Waals surface area (Å²) in [6.45, 7) is 3.33. The lowest BCUT2D eigenvalue weighted by molar-refractivity contribution is -0.147. The number of carbonyl (C=O) groups excluding carboxylic acids is 2. The first-order valence-electron chi connectivity index (χ1n) is 6.54. The number of carbonyl (C=O) groups is 2. The van der Waals surface area contributed by atoms with Gasteiger partial charge in [0.15, 0.2) is 6.61 Å². The van der Waals surface area contributed by atoms with E-state index in [0.717, 1.165) is 5.69 Å². The summed E-state index contributed by atoms with van der Waals surface area (Å²) in [7, 11) is 0. The van der Waals surface area contributed by atoms with Gasteiger partial charge in [0.05, 0.1) is 13.0 Å². The van der Waals surface area contributed by atoms with Crippen molar-refractivity contribution in [1.82, 2.24) is 24.9 Å². The summed E-state index contributed by atoms with van der Waals surface area (Å²) in [5, 5.41) is 6.45. The van der Waals surface area contributed by atoms with Crippen molar-refractivity contribution in [2.75, 3.05) is 13.2 Å². The van der Waals surface area contributed by atoms with E-state index in [1.54, 1.807) is 11.4 Å². The van der Waals surface area contributed by atoms with Crippen LogP contribution in [0, 0.1) is 26.2 Å². The van der Waals surface area contributed by atoms with Crippen molar-refractivity contribution in [3.63, 3.8) is 0 Å². The van der Waals surface area contributed by atoms with Gasteiger partial charge in [-0.3, -0.25) is 9.59 Å². The Labute approximate surface area is 126 Å². The van der Waals surface area contributed by atoms with Gasteiger partial charge in [-0.25, -0.2) is 9.50 Å². The predicted molar refractivity (Wildman–Crippen MR) is 76.8 cm³/mol. The first-order chi connectivity index (χ1) is 10.5. The zero-order valence-corrected chi connectivity index (χ0v) is 12.3. The third-order valence-electron chi connectivity index (χ3n) is 3.06. The molecule has 0 aliphatic rings. The number of nitrogens with zero attached hydrogens (tertiary/aromatic N) is 4. The second-order valence-electron chi connectivity index (χ2n) is 4.55. The molecule has 114 valence electrons. The van der Waals surface area contributed by atoms with E-state index in [9.17, 15) is 9.59 Å².